The zero-order valence-corrected chi connectivity index (χ0v) is 10.5. The van der Waals surface area contributed by atoms with Crippen LogP contribution in [0.1, 0.15) is 24.5 Å². The topological polar surface area (TPSA) is 43.7 Å². The van der Waals surface area contributed by atoms with Crippen molar-refractivity contribution < 1.29 is 23.4 Å². The summed E-state index contributed by atoms with van der Waals surface area (Å²) < 4.78 is 39.1. The first kappa shape index (κ1) is 14.1. The highest BCUT2D eigenvalue weighted by Crippen LogP contribution is 2.39. The normalized spacial score (nSPS) is 24.0. The Hall–Kier alpha value is -1.27. The number of hydrogen-bond donors (Lipinski definition) is 2. The summed E-state index contributed by atoms with van der Waals surface area (Å²) in [5.41, 5.74) is -1.44. The number of halogens is 3. The van der Waals surface area contributed by atoms with E-state index in [1.165, 1.54) is 17.0 Å². The van der Waals surface area contributed by atoms with E-state index >= 15 is 0 Å². The summed E-state index contributed by atoms with van der Waals surface area (Å²) in [6, 6.07) is 3.79. The van der Waals surface area contributed by atoms with Gasteiger partial charge in [-0.2, -0.15) is 13.2 Å². The number of alkyl halides is 3. The third-order valence-corrected chi connectivity index (χ3v) is 3.34. The summed E-state index contributed by atoms with van der Waals surface area (Å²) in [6.45, 7) is 1.74. The Bertz CT molecular complexity index is 471. The van der Waals surface area contributed by atoms with Gasteiger partial charge in [-0.1, -0.05) is 6.07 Å². The molecule has 1 aliphatic rings. The molecule has 3 nitrogen and oxygen atoms in total. The number of aliphatic hydroxyl groups excluding tert-OH is 1. The van der Waals surface area contributed by atoms with Crippen molar-refractivity contribution >= 4 is 5.69 Å². The van der Waals surface area contributed by atoms with E-state index in [-0.39, 0.29) is 17.8 Å². The molecule has 106 valence electrons. The Kier molecular flexibility index (Phi) is 3.49. The Morgan fingerprint density at radius 3 is 2.53 bits per heavy atom. The number of hydrogen-bond acceptors (Lipinski definition) is 3. The molecule has 0 aliphatic carbocycles. The molecule has 1 fully saturated rings. The second-order valence-corrected chi connectivity index (χ2v) is 5.18. The lowest BCUT2D eigenvalue weighted by molar-refractivity contribution is -0.137. The second-order valence-electron chi connectivity index (χ2n) is 5.18. The first-order valence-corrected chi connectivity index (χ1v) is 6.01. The number of aliphatic hydroxyl groups is 2. The summed E-state index contributed by atoms with van der Waals surface area (Å²) in [4.78, 5) is 1.53. The van der Waals surface area contributed by atoms with Gasteiger partial charge in [-0.05, 0) is 31.0 Å². The van der Waals surface area contributed by atoms with Gasteiger partial charge in [-0.15, -0.1) is 0 Å². The second kappa shape index (κ2) is 4.68. The van der Waals surface area contributed by atoms with Crippen molar-refractivity contribution in [3.8, 4) is 0 Å². The molecule has 0 radical (unpaired) electrons. The molecule has 0 bridgehead atoms. The van der Waals surface area contributed by atoms with Crippen LogP contribution in [0.25, 0.3) is 0 Å². The van der Waals surface area contributed by atoms with Gasteiger partial charge in [-0.3, -0.25) is 0 Å². The van der Waals surface area contributed by atoms with Crippen LogP contribution in [0, 0.1) is 0 Å². The van der Waals surface area contributed by atoms with Gasteiger partial charge in [0.2, 0.25) is 0 Å². The zero-order chi connectivity index (χ0) is 14.3. The quantitative estimate of drug-likeness (QED) is 0.869. The standard InChI is InChI=1S/C13H16F3NO2/c1-12(19)4-5-17(8-12)11-3-2-9(7-18)6-10(11)13(14,15)16/h2-3,6,18-19H,4-5,7-8H2,1H3. The Morgan fingerprint density at radius 2 is 2.05 bits per heavy atom. The Labute approximate surface area is 109 Å². The fourth-order valence-corrected chi connectivity index (χ4v) is 2.34. The fraction of sp³-hybridized carbons (Fsp3) is 0.538. The van der Waals surface area contributed by atoms with Crippen LogP contribution < -0.4 is 4.90 Å². The smallest absolute Gasteiger partial charge is 0.392 e. The zero-order valence-electron chi connectivity index (χ0n) is 10.5. The van der Waals surface area contributed by atoms with Gasteiger partial charge in [0.1, 0.15) is 0 Å². The van der Waals surface area contributed by atoms with Crippen LogP contribution in [0.4, 0.5) is 18.9 Å². The monoisotopic (exact) mass is 275 g/mol. The van der Waals surface area contributed by atoms with Crippen LogP contribution in [0.3, 0.4) is 0 Å². The first-order chi connectivity index (χ1) is 8.73. The molecule has 1 heterocycles. The van der Waals surface area contributed by atoms with Crippen LogP contribution >= 0.6 is 0 Å². The van der Waals surface area contributed by atoms with Crippen molar-refractivity contribution in [1.29, 1.82) is 0 Å². The maximum atomic E-state index is 13.0. The van der Waals surface area contributed by atoms with Crippen molar-refractivity contribution in [2.24, 2.45) is 0 Å². The molecule has 1 aliphatic heterocycles. The van der Waals surface area contributed by atoms with Crippen molar-refractivity contribution in [2.75, 3.05) is 18.0 Å². The molecule has 2 rings (SSSR count). The van der Waals surface area contributed by atoms with Crippen molar-refractivity contribution in [2.45, 2.75) is 31.7 Å². The summed E-state index contributed by atoms with van der Waals surface area (Å²) in [5, 5.41) is 18.8. The Morgan fingerprint density at radius 1 is 1.37 bits per heavy atom. The number of β-amino-alcohol motifs (C(OH)–C–C–N with tert-alkyl or cyclic N) is 1. The molecule has 1 atom stereocenters. The summed E-state index contributed by atoms with van der Waals surface area (Å²) >= 11 is 0. The molecule has 2 N–H and O–H groups in total. The van der Waals surface area contributed by atoms with Crippen LogP contribution in [0.15, 0.2) is 18.2 Å². The van der Waals surface area contributed by atoms with E-state index in [4.69, 9.17) is 5.11 Å². The molecular weight excluding hydrogens is 259 g/mol. The maximum absolute atomic E-state index is 13.0. The lowest BCUT2D eigenvalue weighted by atomic mass is 10.1. The fourth-order valence-electron chi connectivity index (χ4n) is 2.34. The van der Waals surface area contributed by atoms with E-state index in [0.717, 1.165) is 6.07 Å². The average Bonchev–Trinajstić information content (AvgIpc) is 2.67. The molecule has 0 amide bonds. The van der Waals surface area contributed by atoms with Crippen LogP contribution in [-0.2, 0) is 12.8 Å². The molecular formula is C13H16F3NO2. The lowest BCUT2D eigenvalue weighted by Crippen LogP contribution is -2.30. The summed E-state index contributed by atoms with van der Waals surface area (Å²) in [6.07, 6.45) is -4.04. The average molecular weight is 275 g/mol. The van der Waals surface area contributed by atoms with E-state index in [0.29, 0.717) is 13.0 Å². The van der Waals surface area contributed by atoms with Crippen LogP contribution in [0.5, 0.6) is 0 Å². The van der Waals surface area contributed by atoms with E-state index in [9.17, 15) is 18.3 Å². The minimum Gasteiger partial charge on any atom is -0.392 e. The van der Waals surface area contributed by atoms with Crippen molar-refractivity contribution in [3.05, 3.63) is 29.3 Å². The molecule has 0 saturated carbocycles. The highest BCUT2D eigenvalue weighted by molar-refractivity contribution is 5.57. The molecule has 1 aromatic carbocycles. The minimum absolute atomic E-state index is 0.0578. The van der Waals surface area contributed by atoms with Gasteiger partial charge in [0.25, 0.3) is 0 Å². The number of nitrogens with zero attached hydrogens (tertiary/aromatic N) is 1. The highest BCUT2D eigenvalue weighted by atomic mass is 19.4. The van der Waals surface area contributed by atoms with Crippen molar-refractivity contribution in [1.82, 2.24) is 0 Å². The van der Waals surface area contributed by atoms with Crippen LogP contribution in [-0.4, -0.2) is 28.9 Å². The molecule has 6 heteroatoms. The third-order valence-electron chi connectivity index (χ3n) is 3.34. The van der Waals surface area contributed by atoms with E-state index in [1.807, 2.05) is 0 Å². The highest BCUT2D eigenvalue weighted by Gasteiger charge is 2.38. The predicted molar refractivity (Wildman–Crippen MR) is 64.8 cm³/mol. The molecule has 19 heavy (non-hydrogen) atoms. The number of anilines is 1. The largest absolute Gasteiger partial charge is 0.418 e. The van der Waals surface area contributed by atoms with Crippen molar-refractivity contribution in [3.63, 3.8) is 0 Å². The van der Waals surface area contributed by atoms with Gasteiger partial charge in [0, 0.05) is 18.8 Å². The third kappa shape index (κ3) is 3.01. The van der Waals surface area contributed by atoms with Gasteiger partial charge in [-0.25, -0.2) is 0 Å². The molecule has 0 spiro atoms. The van der Waals surface area contributed by atoms with E-state index in [1.54, 1.807) is 6.92 Å². The SMILES string of the molecule is CC1(O)CCN(c2ccc(CO)cc2C(F)(F)F)C1. The maximum Gasteiger partial charge on any atom is 0.418 e. The number of rotatable bonds is 2. The lowest BCUT2D eigenvalue weighted by Gasteiger charge is -2.24. The number of benzene rings is 1. The van der Waals surface area contributed by atoms with E-state index in [2.05, 4.69) is 0 Å². The predicted octanol–water partition coefficient (Wildman–Crippen LogP) is 2.16. The van der Waals surface area contributed by atoms with Gasteiger partial charge < -0.3 is 15.1 Å². The molecule has 1 aromatic rings. The minimum atomic E-state index is -4.48. The van der Waals surface area contributed by atoms with Gasteiger partial charge in [0.15, 0.2) is 0 Å². The van der Waals surface area contributed by atoms with Gasteiger partial charge in [0.05, 0.1) is 17.8 Å². The van der Waals surface area contributed by atoms with E-state index < -0.39 is 23.9 Å². The summed E-state index contributed by atoms with van der Waals surface area (Å²) in [5.74, 6) is 0. The molecule has 1 saturated heterocycles. The Balaban J connectivity index is 2.40. The summed E-state index contributed by atoms with van der Waals surface area (Å²) in [7, 11) is 0. The van der Waals surface area contributed by atoms with Crippen LogP contribution in [0.2, 0.25) is 0 Å². The molecule has 1 unspecified atom stereocenters. The van der Waals surface area contributed by atoms with Gasteiger partial charge >= 0.3 is 6.18 Å². The molecule has 0 aromatic heterocycles. The first-order valence-electron chi connectivity index (χ1n) is 6.01.